The van der Waals surface area contributed by atoms with Crippen molar-refractivity contribution in [1.29, 1.82) is 0 Å². The number of carbonyl (C=O) groups excluding carboxylic acids is 1. The molecule has 0 aliphatic heterocycles. The monoisotopic (exact) mass is 298 g/mol. The number of carbonyl (C=O) groups is 1. The summed E-state index contributed by atoms with van der Waals surface area (Å²) >= 11 is 9.50. The van der Waals surface area contributed by atoms with Crippen LogP contribution >= 0.6 is 24.4 Å². The molecule has 6 N–H and O–H groups in total. The summed E-state index contributed by atoms with van der Waals surface area (Å²) in [6, 6.07) is 4.81. The topological polar surface area (TPSA) is 102 Å². The fraction of sp³-hybridized carbons (Fsp3) is 0.182. The molecule has 0 radical (unpaired) electrons. The van der Waals surface area contributed by atoms with Gasteiger partial charge in [-0.15, -0.1) is 0 Å². The fourth-order valence-electron chi connectivity index (χ4n) is 1.39. The van der Waals surface area contributed by atoms with Gasteiger partial charge in [0.1, 0.15) is 0 Å². The molecule has 6 nitrogen and oxygen atoms in total. The van der Waals surface area contributed by atoms with Gasteiger partial charge in [-0.1, -0.05) is 0 Å². The molecule has 1 aromatic carbocycles. The van der Waals surface area contributed by atoms with E-state index in [0.717, 1.165) is 0 Å². The number of anilines is 2. The molecule has 0 bridgehead atoms. The van der Waals surface area contributed by atoms with E-state index in [0.29, 0.717) is 16.9 Å². The lowest BCUT2D eigenvalue weighted by Crippen LogP contribution is -2.21. The molecule has 0 aliphatic carbocycles. The SMILES string of the molecule is CCOC(=O)c1cc(NC(N)=S)cc(NC(N)=S)c1. The Morgan fingerprint density at radius 1 is 1.16 bits per heavy atom. The Morgan fingerprint density at radius 3 is 2.00 bits per heavy atom. The lowest BCUT2D eigenvalue weighted by Gasteiger charge is -2.11. The summed E-state index contributed by atoms with van der Waals surface area (Å²) < 4.78 is 4.93. The van der Waals surface area contributed by atoms with Crippen molar-refractivity contribution in [2.45, 2.75) is 6.92 Å². The summed E-state index contributed by atoms with van der Waals surface area (Å²) in [5.74, 6) is -0.458. The number of thiocarbonyl (C=S) groups is 2. The average molecular weight is 298 g/mol. The van der Waals surface area contributed by atoms with Gasteiger partial charge in [0.05, 0.1) is 12.2 Å². The predicted octanol–water partition coefficient (Wildman–Crippen LogP) is 1.17. The normalized spacial score (nSPS) is 9.53. The summed E-state index contributed by atoms with van der Waals surface area (Å²) in [4.78, 5) is 11.7. The van der Waals surface area contributed by atoms with Gasteiger partial charge in [0.25, 0.3) is 0 Å². The van der Waals surface area contributed by atoms with E-state index in [1.807, 2.05) is 0 Å². The maximum Gasteiger partial charge on any atom is 0.338 e. The number of rotatable bonds is 4. The van der Waals surface area contributed by atoms with Gasteiger partial charge in [0, 0.05) is 11.4 Å². The molecule has 0 heterocycles. The third-order valence-corrected chi connectivity index (χ3v) is 2.18. The van der Waals surface area contributed by atoms with Crippen molar-refractivity contribution in [1.82, 2.24) is 0 Å². The lowest BCUT2D eigenvalue weighted by molar-refractivity contribution is 0.0526. The highest BCUT2D eigenvalue weighted by atomic mass is 32.1. The second kappa shape index (κ2) is 6.86. The first-order valence-electron chi connectivity index (χ1n) is 5.37. The van der Waals surface area contributed by atoms with Crippen molar-refractivity contribution in [3.05, 3.63) is 23.8 Å². The number of hydrogen-bond acceptors (Lipinski definition) is 4. The van der Waals surface area contributed by atoms with Gasteiger partial charge in [-0.2, -0.15) is 0 Å². The molecule has 102 valence electrons. The van der Waals surface area contributed by atoms with Crippen LogP contribution in [0.5, 0.6) is 0 Å². The lowest BCUT2D eigenvalue weighted by atomic mass is 10.1. The quantitative estimate of drug-likeness (QED) is 0.485. The Balaban J connectivity index is 3.11. The first-order chi connectivity index (χ1) is 8.92. The van der Waals surface area contributed by atoms with Gasteiger partial charge in [-0.25, -0.2) is 4.79 Å². The van der Waals surface area contributed by atoms with E-state index in [2.05, 4.69) is 10.6 Å². The molecule has 19 heavy (non-hydrogen) atoms. The second-order valence-electron chi connectivity index (χ2n) is 3.50. The average Bonchev–Trinajstić information content (AvgIpc) is 2.26. The molecule has 0 saturated heterocycles. The summed E-state index contributed by atoms with van der Waals surface area (Å²) in [6.45, 7) is 2.01. The van der Waals surface area contributed by atoms with Crippen LogP contribution in [0, 0.1) is 0 Å². The van der Waals surface area contributed by atoms with Crippen molar-refractivity contribution in [3.8, 4) is 0 Å². The van der Waals surface area contributed by atoms with Gasteiger partial charge >= 0.3 is 5.97 Å². The molecule has 0 atom stereocenters. The molecular weight excluding hydrogens is 284 g/mol. The van der Waals surface area contributed by atoms with Crippen LogP contribution in [0.25, 0.3) is 0 Å². The van der Waals surface area contributed by atoms with Gasteiger partial charge in [-0.05, 0) is 49.6 Å². The Bertz CT molecular complexity index is 485. The van der Waals surface area contributed by atoms with Crippen LogP contribution in [0.1, 0.15) is 17.3 Å². The van der Waals surface area contributed by atoms with E-state index in [1.165, 1.54) is 0 Å². The molecule has 0 aliphatic rings. The zero-order valence-corrected chi connectivity index (χ0v) is 11.9. The first-order valence-corrected chi connectivity index (χ1v) is 6.19. The van der Waals surface area contributed by atoms with E-state index in [4.69, 9.17) is 40.6 Å². The standard InChI is InChI=1S/C11H14N4O2S2/c1-2-17-9(16)6-3-7(14-10(12)18)5-8(4-6)15-11(13)19/h3-5H,2H2,1H3,(H3,12,14,18)(H3,13,15,19). The third kappa shape index (κ3) is 5.06. The van der Waals surface area contributed by atoms with Crippen molar-refractivity contribution in [2.24, 2.45) is 11.5 Å². The third-order valence-electron chi connectivity index (χ3n) is 1.98. The Hall–Kier alpha value is -1.93. The Kier molecular flexibility index (Phi) is 5.46. The van der Waals surface area contributed by atoms with E-state index in [1.54, 1.807) is 25.1 Å². The van der Waals surface area contributed by atoms with Crippen molar-refractivity contribution >= 4 is 52.0 Å². The summed E-state index contributed by atoms with van der Waals surface area (Å²) in [7, 11) is 0. The van der Waals surface area contributed by atoms with Crippen LogP contribution < -0.4 is 22.1 Å². The van der Waals surface area contributed by atoms with Crippen molar-refractivity contribution < 1.29 is 9.53 Å². The van der Waals surface area contributed by atoms with Crippen LogP contribution in [-0.4, -0.2) is 22.8 Å². The van der Waals surface area contributed by atoms with Crippen molar-refractivity contribution in [2.75, 3.05) is 17.2 Å². The van der Waals surface area contributed by atoms with Crippen LogP contribution in [-0.2, 0) is 4.74 Å². The molecule has 0 saturated carbocycles. The van der Waals surface area contributed by atoms with E-state index in [-0.39, 0.29) is 16.8 Å². The largest absolute Gasteiger partial charge is 0.462 e. The molecule has 1 rings (SSSR count). The van der Waals surface area contributed by atoms with Crippen molar-refractivity contribution in [3.63, 3.8) is 0 Å². The number of ether oxygens (including phenoxy) is 1. The smallest absolute Gasteiger partial charge is 0.338 e. The molecule has 1 aromatic rings. The van der Waals surface area contributed by atoms with Crippen LogP contribution in [0.2, 0.25) is 0 Å². The van der Waals surface area contributed by atoms with E-state index < -0.39 is 5.97 Å². The first kappa shape index (κ1) is 15.1. The zero-order valence-electron chi connectivity index (χ0n) is 10.2. The minimum Gasteiger partial charge on any atom is -0.462 e. The summed E-state index contributed by atoms with van der Waals surface area (Å²) in [5.41, 5.74) is 12.2. The highest BCUT2D eigenvalue weighted by Crippen LogP contribution is 2.20. The molecule has 0 spiro atoms. The number of nitrogens with two attached hydrogens (primary N) is 2. The zero-order chi connectivity index (χ0) is 14.4. The molecule has 0 amide bonds. The minimum absolute atomic E-state index is 0.0854. The molecule has 0 unspecified atom stereocenters. The Labute approximate surface area is 121 Å². The highest BCUT2D eigenvalue weighted by Gasteiger charge is 2.10. The van der Waals surface area contributed by atoms with E-state index >= 15 is 0 Å². The van der Waals surface area contributed by atoms with Gasteiger partial charge in [-0.3, -0.25) is 0 Å². The fourth-order valence-corrected chi connectivity index (χ4v) is 1.62. The second-order valence-corrected chi connectivity index (χ2v) is 4.38. The van der Waals surface area contributed by atoms with Gasteiger partial charge < -0.3 is 26.8 Å². The Morgan fingerprint density at radius 2 is 1.63 bits per heavy atom. The van der Waals surface area contributed by atoms with Crippen LogP contribution in [0.3, 0.4) is 0 Å². The number of hydrogen-bond donors (Lipinski definition) is 4. The number of esters is 1. The summed E-state index contributed by atoms with van der Waals surface area (Å²) in [6.07, 6.45) is 0. The molecule has 0 aromatic heterocycles. The van der Waals surface area contributed by atoms with Crippen LogP contribution in [0.4, 0.5) is 11.4 Å². The van der Waals surface area contributed by atoms with Gasteiger partial charge in [0.2, 0.25) is 0 Å². The molecule has 0 fully saturated rings. The van der Waals surface area contributed by atoms with E-state index in [9.17, 15) is 4.79 Å². The maximum absolute atomic E-state index is 11.7. The number of nitrogens with one attached hydrogen (secondary N) is 2. The van der Waals surface area contributed by atoms with Crippen LogP contribution in [0.15, 0.2) is 18.2 Å². The predicted molar refractivity (Wildman–Crippen MR) is 83.2 cm³/mol. The maximum atomic E-state index is 11.7. The highest BCUT2D eigenvalue weighted by molar-refractivity contribution is 7.80. The number of benzene rings is 1. The van der Waals surface area contributed by atoms with Gasteiger partial charge in [0.15, 0.2) is 10.2 Å². The molecule has 8 heteroatoms. The molecular formula is C11H14N4O2S2. The summed E-state index contributed by atoms with van der Waals surface area (Å²) in [5, 5.41) is 5.64. The minimum atomic E-state index is -0.458.